The van der Waals surface area contributed by atoms with Gasteiger partial charge in [0.05, 0.1) is 37.3 Å². The molecule has 0 fully saturated rings. The Bertz CT molecular complexity index is 1500. The van der Waals surface area contributed by atoms with Crippen molar-refractivity contribution in [1.29, 1.82) is 0 Å². The van der Waals surface area contributed by atoms with E-state index >= 15 is 0 Å². The number of anilines is 4. The molecular weight excluding hydrogens is 498 g/mol. The first-order chi connectivity index (χ1) is 18.7. The predicted molar refractivity (Wildman–Crippen MR) is 153 cm³/mol. The van der Waals surface area contributed by atoms with Gasteiger partial charge in [-0.05, 0) is 38.4 Å². The number of rotatable bonds is 10. The molecule has 0 aliphatic heterocycles. The van der Waals surface area contributed by atoms with E-state index in [1.807, 2.05) is 49.5 Å². The number of hydrogen-bond acceptors (Lipinski definition) is 8. The quantitative estimate of drug-likeness (QED) is 0.277. The number of fused-ring (bicyclic) bond motifs is 1. The topological polar surface area (TPSA) is 125 Å². The second kappa shape index (κ2) is 11.8. The lowest BCUT2D eigenvalue weighted by Crippen LogP contribution is -2.35. The molecule has 11 heteroatoms. The van der Waals surface area contributed by atoms with Gasteiger partial charge in [0.1, 0.15) is 11.4 Å². The third-order valence-electron chi connectivity index (χ3n) is 6.13. The van der Waals surface area contributed by atoms with E-state index in [9.17, 15) is 9.59 Å². The third-order valence-corrected chi connectivity index (χ3v) is 6.13. The van der Waals surface area contributed by atoms with Crippen molar-refractivity contribution in [3.05, 3.63) is 48.8 Å². The molecule has 204 valence electrons. The molecule has 0 unspecified atom stereocenters. The number of para-hydroxylation sites is 1. The molecule has 4 aromatic rings. The number of carbonyl (C=O) groups excluding carboxylic acids is 2. The van der Waals surface area contributed by atoms with Crippen molar-refractivity contribution in [3.63, 3.8) is 0 Å². The smallest absolute Gasteiger partial charge is 0.227 e. The Morgan fingerprint density at radius 2 is 1.79 bits per heavy atom. The largest absolute Gasteiger partial charge is 0.495 e. The Morgan fingerprint density at radius 3 is 2.46 bits per heavy atom. The van der Waals surface area contributed by atoms with E-state index < -0.39 is 0 Å². The van der Waals surface area contributed by atoms with Gasteiger partial charge in [-0.25, -0.2) is 9.97 Å². The normalized spacial score (nSPS) is 10.9. The molecular formula is C28H33N7O4. The van der Waals surface area contributed by atoms with Gasteiger partial charge in [-0.2, -0.15) is 0 Å². The maximum absolute atomic E-state index is 12.5. The van der Waals surface area contributed by atoms with E-state index in [1.165, 1.54) is 13.8 Å². The van der Waals surface area contributed by atoms with E-state index in [2.05, 4.69) is 20.6 Å². The molecule has 0 spiro atoms. The van der Waals surface area contributed by atoms with Crippen LogP contribution in [0.2, 0.25) is 0 Å². The minimum atomic E-state index is -0.248. The minimum absolute atomic E-state index is 0.123. The van der Waals surface area contributed by atoms with Crippen LogP contribution >= 0.6 is 0 Å². The summed E-state index contributed by atoms with van der Waals surface area (Å²) in [6.07, 6.45) is 3.46. The van der Waals surface area contributed by atoms with Crippen LogP contribution in [0.4, 0.5) is 23.0 Å². The molecule has 0 radical (unpaired) electrons. The van der Waals surface area contributed by atoms with Crippen molar-refractivity contribution >= 4 is 45.7 Å². The van der Waals surface area contributed by atoms with E-state index in [4.69, 9.17) is 14.5 Å². The summed E-state index contributed by atoms with van der Waals surface area (Å²) in [5, 5.41) is 6.98. The third kappa shape index (κ3) is 6.10. The summed E-state index contributed by atoms with van der Waals surface area (Å²) in [4.78, 5) is 40.5. The monoisotopic (exact) mass is 531 g/mol. The average Bonchev–Trinajstić information content (AvgIpc) is 3.33. The van der Waals surface area contributed by atoms with E-state index in [0.29, 0.717) is 47.5 Å². The van der Waals surface area contributed by atoms with Gasteiger partial charge in [0.2, 0.25) is 17.8 Å². The Morgan fingerprint density at radius 1 is 1.03 bits per heavy atom. The molecule has 2 amide bonds. The van der Waals surface area contributed by atoms with Crippen LogP contribution in [-0.4, -0.2) is 73.1 Å². The Balaban J connectivity index is 1.71. The lowest BCUT2D eigenvalue weighted by atomic mass is 10.1. The lowest BCUT2D eigenvalue weighted by Gasteiger charge is -2.26. The zero-order valence-electron chi connectivity index (χ0n) is 23.0. The fraction of sp³-hybridized carbons (Fsp3) is 0.286. The van der Waals surface area contributed by atoms with Crippen molar-refractivity contribution < 1.29 is 19.1 Å². The van der Waals surface area contributed by atoms with E-state index in [-0.39, 0.29) is 11.8 Å². The Kier molecular flexibility index (Phi) is 8.30. The molecule has 39 heavy (non-hydrogen) atoms. The summed E-state index contributed by atoms with van der Waals surface area (Å²) in [5.74, 6) is 1.20. The van der Waals surface area contributed by atoms with Crippen LogP contribution in [0.5, 0.6) is 11.5 Å². The fourth-order valence-electron chi connectivity index (χ4n) is 4.28. The number of H-pyrrole nitrogens is 1. The maximum atomic E-state index is 12.5. The average molecular weight is 532 g/mol. The molecule has 0 saturated heterocycles. The molecule has 0 saturated carbocycles. The van der Waals surface area contributed by atoms with E-state index in [1.54, 1.807) is 37.4 Å². The van der Waals surface area contributed by atoms with Crippen LogP contribution in [0.15, 0.2) is 48.8 Å². The summed E-state index contributed by atoms with van der Waals surface area (Å²) >= 11 is 0. The van der Waals surface area contributed by atoms with Gasteiger partial charge < -0.3 is 34.9 Å². The van der Waals surface area contributed by atoms with Crippen molar-refractivity contribution in [2.24, 2.45) is 0 Å². The van der Waals surface area contributed by atoms with E-state index in [0.717, 1.165) is 22.2 Å². The maximum Gasteiger partial charge on any atom is 0.227 e. The number of likely N-dealkylation sites (N-methyl/N-ethyl adjacent to an activating group) is 1. The molecule has 0 bridgehead atoms. The molecule has 3 N–H and O–H groups in total. The molecule has 2 aromatic carbocycles. The molecule has 0 aliphatic carbocycles. The molecule has 0 aliphatic rings. The Hall–Kier alpha value is -4.64. The number of methoxy groups -OCH3 is 2. The summed E-state index contributed by atoms with van der Waals surface area (Å²) in [6.45, 7) is 4.08. The SMILES string of the molecule is COc1cnc(Nc2ccc(N(CCN(C)C)C(C)=O)c(NC(C)=O)c2)nc1-c1c[nH]c2c(OC)cccc12. The van der Waals surface area contributed by atoms with Crippen LogP contribution in [0, 0.1) is 0 Å². The number of carbonyl (C=O) groups is 2. The van der Waals surface area contributed by atoms with Gasteiger partial charge in [-0.15, -0.1) is 0 Å². The molecule has 2 aromatic heterocycles. The van der Waals surface area contributed by atoms with Crippen LogP contribution < -0.4 is 25.0 Å². The van der Waals surface area contributed by atoms with Gasteiger partial charge in [0.15, 0.2) is 5.75 Å². The highest BCUT2D eigenvalue weighted by Crippen LogP contribution is 2.37. The molecule has 11 nitrogen and oxygen atoms in total. The molecule has 0 atom stereocenters. The minimum Gasteiger partial charge on any atom is -0.495 e. The number of nitrogens with zero attached hydrogens (tertiary/aromatic N) is 4. The van der Waals surface area contributed by atoms with Crippen LogP contribution in [0.1, 0.15) is 13.8 Å². The van der Waals surface area contributed by atoms with Crippen molar-refractivity contribution in [2.75, 3.05) is 56.9 Å². The second-order valence-electron chi connectivity index (χ2n) is 9.21. The number of hydrogen-bond donors (Lipinski definition) is 3. The van der Waals surface area contributed by atoms with Crippen LogP contribution in [0.3, 0.4) is 0 Å². The van der Waals surface area contributed by atoms with Crippen molar-refractivity contribution in [3.8, 4) is 22.8 Å². The predicted octanol–water partition coefficient (Wildman–Crippen LogP) is 4.26. The summed E-state index contributed by atoms with van der Waals surface area (Å²) in [5.41, 5.74) is 4.02. The first-order valence-electron chi connectivity index (χ1n) is 12.4. The molecule has 2 heterocycles. The highest BCUT2D eigenvalue weighted by atomic mass is 16.5. The number of aromatic amines is 1. The fourth-order valence-corrected chi connectivity index (χ4v) is 4.28. The number of benzene rings is 2. The standard InChI is InChI=1S/C28H33N7O4/c1-17(36)31-22-14-19(10-11-23(22)35(18(2)37)13-12-34(3)4)32-28-30-16-25(39-6)27(33-28)21-15-29-26-20(21)8-7-9-24(26)38-5/h7-11,14-16,29H,12-13H2,1-6H3,(H,31,36)(H,30,32,33). The summed E-state index contributed by atoms with van der Waals surface area (Å²) in [7, 11) is 7.08. The van der Waals surface area contributed by atoms with Crippen molar-refractivity contribution in [1.82, 2.24) is 19.9 Å². The van der Waals surface area contributed by atoms with Gasteiger partial charge in [-0.1, -0.05) is 12.1 Å². The van der Waals surface area contributed by atoms with Crippen LogP contribution in [0.25, 0.3) is 22.2 Å². The zero-order valence-corrected chi connectivity index (χ0v) is 23.0. The Labute approximate surface area is 227 Å². The number of amides is 2. The van der Waals surface area contributed by atoms with Gasteiger partial charge in [-0.3, -0.25) is 9.59 Å². The number of nitrogens with one attached hydrogen (secondary N) is 3. The highest BCUT2D eigenvalue weighted by molar-refractivity contribution is 6.01. The number of ether oxygens (including phenoxy) is 2. The summed E-state index contributed by atoms with van der Waals surface area (Å²) < 4.78 is 11.0. The van der Waals surface area contributed by atoms with Gasteiger partial charge in [0, 0.05) is 49.8 Å². The first-order valence-corrected chi connectivity index (χ1v) is 12.4. The van der Waals surface area contributed by atoms with Crippen molar-refractivity contribution in [2.45, 2.75) is 13.8 Å². The number of aromatic nitrogens is 3. The highest BCUT2D eigenvalue weighted by Gasteiger charge is 2.19. The molecule has 4 rings (SSSR count). The second-order valence-corrected chi connectivity index (χ2v) is 9.21. The van der Waals surface area contributed by atoms with Crippen LogP contribution in [-0.2, 0) is 9.59 Å². The summed E-state index contributed by atoms with van der Waals surface area (Å²) in [6, 6.07) is 11.1. The lowest BCUT2D eigenvalue weighted by molar-refractivity contribution is -0.117. The van der Waals surface area contributed by atoms with Gasteiger partial charge >= 0.3 is 0 Å². The zero-order chi connectivity index (χ0) is 28.1. The first kappa shape index (κ1) is 27.4. The van der Waals surface area contributed by atoms with Gasteiger partial charge in [0.25, 0.3) is 0 Å².